The zero-order valence-electron chi connectivity index (χ0n) is 14.1. The number of benzene rings is 1. The van der Waals surface area contributed by atoms with Crippen molar-refractivity contribution in [3.05, 3.63) is 40.1 Å². The summed E-state index contributed by atoms with van der Waals surface area (Å²) < 4.78 is 5.36. The van der Waals surface area contributed by atoms with Crippen molar-refractivity contribution in [3.63, 3.8) is 0 Å². The molecule has 1 aromatic heterocycles. The Morgan fingerprint density at radius 3 is 2.52 bits per heavy atom. The van der Waals surface area contributed by atoms with Crippen molar-refractivity contribution in [2.75, 3.05) is 50.0 Å². The van der Waals surface area contributed by atoms with Gasteiger partial charge >= 0.3 is 0 Å². The predicted octanol–water partition coefficient (Wildman–Crippen LogP) is 3.58. The van der Waals surface area contributed by atoms with Crippen LogP contribution in [-0.2, 0) is 4.74 Å². The van der Waals surface area contributed by atoms with Crippen molar-refractivity contribution in [1.29, 1.82) is 0 Å². The fraction of sp³-hybridized carbons (Fsp3) is 0.412. The molecule has 2 heterocycles. The second-order valence-electron chi connectivity index (χ2n) is 5.79. The van der Waals surface area contributed by atoms with Crippen LogP contribution in [0.1, 0.15) is 5.82 Å². The van der Waals surface area contributed by atoms with E-state index in [0.29, 0.717) is 27.4 Å². The molecule has 0 amide bonds. The molecular formula is C17H21Cl2N5O. The minimum Gasteiger partial charge on any atom is -0.379 e. The number of morpholine rings is 1. The summed E-state index contributed by atoms with van der Waals surface area (Å²) in [6.07, 6.45) is 0. The van der Waals surface area contributed by atoms with Crippen LogP contribution in [0.5, 0.6) is 0 Å². The fourth-order valence-corrected chi connectivity index (χ4v) is 3.13. The van der Waals surface area contributed by atoms with E-state index in [4.69, 9.17) is 27.9 Å². The van der Waals surface area contributed by atoms with E-state index in [9.17, 15) is 0 Å². The highest BCUT2D eigenvalue weighted by Crippen LogP contribution is 2.32. The van der Waals surface area contributed by atoms with Gasteiger partial charge in [-0.15, -0.1) is 0 Å². The first-order valence-electron chi connectivity index (χ1n) is 8.22. The predicted molar refractivity (Wildman–Crippen MR) is 102 cm³/mol. The van der Waals surface area contributed by atoms with Crippen LogP contribution in [0.15, 0.2) is 24.3 Å². The Morgan fingerprint density at radius 1 is 1.12 bits per heavy atom. The lowest BCUT2D eigenvalue weighted by atomic mass is 10.3. The monoisotopic (exact) mass is 381 g/mol. The van der Waals surface area contributed by atoms with Crippen LogP contribution < -0.4 is 10.6 Å². The number of para-hydroxylation sites is 1. The van der Waals surface area contributed by atoms with Crippen LogP contribution in [0.4, 0.5) is 17.3 Å². The van der Waals surface area contributed by atoms with Crippen LogP contribution in [0.25, 0.3) is 0 Å². The molecule has 1 fully saturated rings. The van der Waals surface area contributed by atoms with E-state index in [1.165, 1.54) is 0 Å². The average molecular weight is 382 g/mol. The van der Waals surface area contributed by atoms with Crippen LogP contribution in [-0.4, -0.2) is 54.3 Å². The molecule has 0 unspecified atom stereocenters. The third kappa shape index (κ3) is 5.19. The smallest absolute Gasteiger partial charge is 0.136 e. The van der Waals surface area contributed by atoms with Crippen molar-refractivity contribution in [2.24, 2.45) is 0 Å². The van der Waals surface area contributed by atoms with Crippen molar-refractivity contribution in [3.8, 4) is 0 Å². The standard InChI is InChI=1S/C17H21Cl2N5O/c1-12-21-15(20-5-6-24-7-9-25-10-8-24)11-16(22-12)23-17-13(18)3-2-4-14(17)19/h2-4,11H,5-10H2,1H3,(H2,20,21,22,23). The summed E-state index contributed by atoms with van der Waals surface area (Å²) in [4.78, 5) is 11.2. The number of rotatable bonds is 6. The molecule has 134 valence electrons. The summed E-state index contributed by atoms with van der Waals surface area (Å²) >= 11 is 12.4. The molecule has 0 atom stereocenters. The summed E-state index contributed by atoms with van der Waals surface area (Å²) in [7, 11) is 0. The maximum Gasteiger partial charge on any atom is 0.136 e. The second-order valence-corrected chi connectivity index (χ2v) is 6.60. The first-order valence-corrected chi connectivity index (χ1v) is 8.98. The first kappa shape index (κ1) is 18.2. The second kappa shape index (κ2) is 8.67. The number of hydrogen-bond acceptors (Lipinski definition) is 6. The summed E-state index contributed by atoms with van der Waals surface area (Å²) in [5, 5.41) is 7.62. The van der Waals surface area contributed by atoms with Gasteiger partial charge < -0.3 is 15.4 Å². The van der Waals surface area contributed by atoms with Gasteiger partial charge in [-0.05, 0) is 19.1 Å². The van der Waals surface area contributed by atoms with Gasteiger partial charge in [0.05, 0.1) is 28.9 Å². The van der Waals surface area contributed by atoms with Crippen LogP contribution >= 0.6 is 23.2 Å². The van der Waals surface area contributed by atoms with Crippen molar-refractivity contribution >= 4 is 40.5 Å². The third-order valence-corrected chi connectivity index (χ3v) is 4.52. The number of hydrogen-bond donors (Lipinski definition) is 2. The Kier molecular flexibility index (Phi) is 6.31. The average Bonchev–Trinajstić information content (AvgIpc) is 2.59. The maximum atomic E-state index is 6.21. The summed E-state index contributed by atoms with van der Waals surface area (Å²) in [5.74, 6) is 2.09. The Balaban J connectivity index is 1.64. The Bertz CT molecular complexity index is 702. The van der Waals surface area contributed by atoms with E-state index in [2.05, 4.69) is 25.5 Å². The molecule has 3 rings (SSSR count). The fourth-order valence-electron chi connectivity index (χ4n) is 2.63. The van der Waals surface area contributed by atoms with Gasteiger partial charge in [0, 0.05) is 32.2 Å². The largest absolute Gasteiger partial charge is 0.379 e. The molecule has 25 heavy (non-hydrogen) atoms. The molecule has 1 aliphatic rings. The van der Waals surface area contributed by atoms with E-state index in [0.717, 1.165) is 45.2 Å². The molecule has 1 aromatic carbocycles. The summed E-state index contributed by atoms with van der Waals surface area (Å²) in [5.41, 5.74) is 0.642. The van der Waals surface area contributed by atoms with E-state index in [-0.39, 0.29) is 0 Å². The van der Waals surface area contributed by atoms with Gasteiger partial charge in [-0.1, -0.05) is 29.3 Å². The quantitative estimate of drug-likeness (QED) is 0.797. The topological polar surface area (TPSA) is 62.3 Å². The number of nitrogens with zero attached hydrogens (tertiary/aromatic N) is 3. The first-order chi connectivity index (χ1) is 12.1. The van der Waals surface area contributed by atoms with Gasteiger partial charge in [0.25, 0.3) is 0 Å². The number of ether oxygens (including phenoxy) is 1. The number of aromatic nitrogens is 2. The number of nitrogens with one attached hydrogen (secondary N) is 2. The SMILES string of the molecule is Cc1nc(NCCN2CCOCC2)cc(Nc2c(Cl)cccc2Cl)n1. The Hall–Kier alpha value is -1.60. The van der Waals surface area contributed by atoms with E-state index in [1.807, 2.05) is 13.0 Å². The Labute approximate surface area is 157 Å². The lowest BCUT2D eigenvalue weighted by molar-refractivity contribution is 0.0398. The normalized spacial score (nSPS) is 15.2. The molecule has 8 heteroatoms. The van der Waals surface area contributed by atoms with Gasteiger partial charge in [-0.3, -0.25) is 4.90 Å². The van der Waals surface area contributed by atoms with Crippen molar-refractivity contribution < 1.29 is 4.74 Å². The number of aryl methyl sites for hydroxylation is 1. The maximum absolute atomic E-state index is 6.21. The minimum atomic E-state index is 0.547. The van der Waals surface area contributed by atoms with Crippen LogP contribution in [0.2, 0.25) is 10.0 Å². The highest BCUT2D eigenvalue weighted by Gasteiger charge is 2.11. The zero-order chi connectivity index (χ0) is 17.6. The van der Waals surface area contributed by atoms with Gasteiger partial charge in [0.15, 0.2) is 0 Å². The number of halogens is 2. The summed E-state index contributed by atoms with van der Waals surface area (Å²) in [6, 6.07) is 7.22. The number of anilines is 3. The van der Waals surface area contributed by atoms with Crippen molar-refractivity contribution in [2.45, 2.75) is 6.92 Å². The molecule has 1 saturated heterocycles. The molecule has 0 spiro atoms. The van der Waals surface area contributed by atoms with E-state index < -0.39 is 0 Å². The highest BCUT2D eigenvalue weighted by atomic mass is 35.5. The van der Waals surface area contributed by atoms with E-state index in [1.54, 1.807) is 18.2 Å². The molecular weight excluding hydrogens is 361 g/mol. The van der Waals surface area contributed by atoms with E-state index >= 15 is 0 Å². The van der Waals surface area contributed by atoms with Gasteiger partial charge in [-0.25, -0.2) is 9.97 Å². The van der Waals surface area contributed by atoms with Crippen LogP contribution in [0, 0.1) is 6.92 Å². The molecule has 0 aliphatic carbocycles. The molecule has 2 N–H and O–H groups in total. The minimum absolute atomic E-state index is 0.547. The molecule has 2 aromatic rings. The molecule has 0 bridgehead atoms. The molecule has 0 radical (unpaired) electrons. The van der Waals surface area contributed by atoms with Gasteiger partial charge in [-0.2, -0.15) is 0 Å². The van der Waals surface area contributed by atoms with Crippen LogP contribution in [0.3, 0.4) is 0 Å². The Morgan fingerprint density at radius 2 is 1.80 bits per heavy atom. The van der Waals surface area contributed by atoms with Crippen molar-refractivity contribution in [1.82, 2.24) is 14.9 Å². The van der Waals surface area contributed by atoms with Gasteiger partial charge in [0.1, 0.15) is 17.5 Å². The third-order valence-electron chi connectivity index (χ3n) is 3.89. The zero-order valence-corrected chi connectivity index (χ0v) is 15.6. The molecule has 0 saturated carbocycles. The van der Waals surface area contributed by atoms with Gasteiger partial charge in [0.2, 0.25) is 0 Å². The lowest BCUT2D eigenvalue weighted by Crippen LogP contribution is -2.39. The molecule has 6 nitrogen and oxygen atoms in total. The molecule has 1 aliphatic heterocycles. The lowest BCUT2D eigenvalue weighted by Gasteiger charge is -2.26. The summed E-state index contributed by atoms with van der Waals surface area (Å²) in [6.45, 7) is 7.17. The highest BCUT2D eigenvalue weighted by molar-refractivity contribution is 6.39.